The first-order chi connectivity index (χ1) is 8.50. The van der Waals surface area contributed by atoms with Gasteiger partial charge >= 0.3 is 5.97 Å². The van der Waals surface area contributed by atoms with Crippen molar-refractivity contribution in [2.24, 2.45) is 0 Å². The van der Waals surface area contributed by atoms with Gasteiger partial charge in [-0.1, -0.05) is 17.3 Å². The van der Waals surface area contributed by atoms with Gasteiger partial charge in [0.1, 0.15) is 0 Å². The zero-order valence-corrected chi connectivity index (χ0v) is 10.6. The fourth-order valence-electron chi connectivity index (χ4n) is 1.88. The first kappa shape index (κ1) is 12.3. The zero-order chi connectivity index (χ0) is 13.3. The molecule has 5 heteroatoms. The Balaban J connectivity index is 2.57. The Hall–Kier alpha value is -2.17. The Morgan fingerprint density at radius 3 is 2.72 bits per heavy atom. The molecule has 5 nitrogen and oxygen atoms in total. The molecule has 0 spiro atoms. The third-order valence-electron chi connectivity index (χ3n) is 3.08. The third kappa shape index (κ3) is 2.11. The molecule has 1 heterocycles. The molecule has 2 rings (SSSR count). The smallest absolute Gasteiger partial charge is 0.309 e. The van der Waals surface area contributed by atoms with Gasteiger partial charge in [-0.25, -0.2) is 4.68 Å². The second-order valence-electron chi connectivity index (χ2n) is 4.32. The van der Waals surface area contributed by atoms with Gasteiger partial charge in [-0.3, -0.25) is 4.79 Å². The average Bonchev–Trinajstić information content (AvgIpc) is 2.64. The molecule has 0 aliphatic carbocycles. The van der Waals surface area contributed by atoms with Gasteiger partial charge in [-0.2, -0.15) is 0 Å². The van der Waals surface area contributed by atoms with Crippen LogP contribution < -0.4 is 0 Å². The average molecular weight is 245 g/mol. The number of carboxylic acids is 1. The quantitative estimate of drug-likeness (QED) is 0.895. The molecular weight excluding hydrogens is 230 g/mol. The molecule has 94 valence electrons. The maximum absolute atomic E-state index is 10.9. The third-order valence-corrected chi connectivity index (χ3v) is 3.08. The van der Waals surface area contributed by atoms with Crippen molar-refractivity contribution in [1.29, 1.82) is 0 Å². The van der Waals surface area contributed by atoms with Crippen molar-refractivity contribution in [3.05, 3.63) is 40.7 Å². The van der Waals surface area contributed by atoms with Crippen LogP contribution >= 0.6 is 0 Å². The number of aliphatic carboxylic acids is 1. The highest BCUT2D eigenvalue weighted by atomic mass is 16.4. The minimum Gasteiger partial charge on any atom is -0.481 e. The normalized spacial score (nSPS) is 10.6. The first-order valence-electron chi connectivity index (χ1n) is 5.70. The molecule has 0 aliphatic heterocycles. The van der Waals surface area contributed by atoms with E-state index >= 15 is 0 Å². The highest BCUT2D eigenvalue weighted by Gasteiger charge is 2.15. The number of nitrogens with zero attached hydrogens (tertiary/aromatic N) is 3. The highest BCUT2D eigenvalue weighted by molar-refractivity contribution is 5.70. The van der Waals surface area contributed by atoms with E-state index in [1.54, 1.807) is 11.6 Å². The molecule has 0 unspecified atom stereocenters. The summed E-state index contributed by atoms with van der Waals surface area (Å²) in [5.74, 6) is -0.882. The Morgan fingerprint density at radius 2 is 2.06 bits per heavy atom. The van der Waals surface area contributed by atoms with Gasteiger partial charge < -0.3 is 5.11 Å². The van der Waals surface area contributed by atoms with E-state index in [0.29, 0.717) is 11.4 Å². The summed E-state index contributed by atoms with van der Waals surface area (Å²) in [5.41, 5.74) is 4.37. The molecule has 0 amide bonds. The van der Waals surface area contributed by atoms with E-state index in [2.05, 4.69) is 10.3 Å². The first-order valence-corrected chi connectivity index (χ1v) is 5.70. The fraction of sp³-hybridized carbons (Fsp3) is 0.308. The summed E-state index contributed by atoms with van der Waals surface area (Å²) in [7, 11) is 0. The number of rotatable bonds is 3. The van der Waals surface area contributed by atoms with Crippen LogP contribution in [0.4, 0.5) is 0 Å². The van der Waals surface area contributed by atoms with Crippen LogP contribution in [0.1, 0.15) is 22.5 Å². The second-order valence-corrected chi connectivity index (χ2v) is 4.32. The van der Waals surface area contributed by atoms with Crippen LogP contribution in [-0.4, -0.2) is 26.1 Å². The van der Waals surface area contributed by atoms with Crippen molar-refractivity contribution in [2.75, 3.05) is 0 Å². The van der Waals surface area contributed by atoms with Gasteiger partial charge in [0.25, 0.3) is 0 Å². The lowest BCUT2D eigenvalue weighted by molar-refractivity contribution is -0.136. The number of carboxylic acid groups (broad SMARTS) is 1. The maximum atomic E-state index is 10.9. The minimum absolute atomic E-state index is 0.0772. The summed E-state index contributed by atoms with van der Waals surface area (Å²) in [6, 6.07) is 5.86. The van der Waals surface area contributed by atoms with E-state index in [1.165, 1.54) is 0 Å². The summed E-state index contributed by atoms with van der Waals surface area (Å²) < 4.78 is 1.62. The zero-order valence-electron chi connectivity index (χ0n) is 10.6. The predicted molar refractivity (Wildman–Crippen MR) is 66.9 cm³/mol. The molecule has 0 bridgehead atoms. The molecule has 18 heavy (non-hydrogen) atoms. The summed E-state index contributed by atoms with van der Waals surface area (Å²) in [5, 5.41) is 16.9. The molecule has 0 radical (unpaired) electrons. The number of carbonyl (C=O) groups is 1. The van der Waals surface area contributed by atoms with Crippen molar-refractivity contribution in [3.8, 4) is 5.69 Å². The van der Waals surface area contributed by atoms with E-state index in [9.17, 15) is 4.79 Å². The monoisotopic (exact) mass is 245 g/mol. The van der Waals surface area contributed by atoms with E-state index in [0.717, 1.165) is 16.8 Å². The SMILES string of the molecule is Cc1cccc(-n2nnc(C)c2CC(=O)O)c1C. The second kappa shape index (κ2) is 4.60. The summed E-state index contributed by atoms with van der Waals surface area (Å²) >= 11 is 0. The summed E-state index contributed by atoms with van der Waals surface area (Å²) in [6.07, 6.45) is -0.0772. The molecule has 1 N–H and O–H groups in total. The lowest BCUT2D eigenvalue weighted by Crippen LogP contribution is -2.10. The molecule has 2 aromatic rings. The maximum Gasteiger partial charge on any atom is 0.309 e. The molecule has 0 saturated heterocycles. The Morgan fingerprint density at radius 1 is 1.33 bits per heavy atom. The molecule has 0 saturated carbocycles. The predicted octanol–water partition coefficient (Wildman–Crippen LogP) is 1.82. The molecule has 1 aromatic carbocycles. The Kier molecular flexibility index (Phi) is 3.14. The van der Waals surface area contributed by atoms with Gasteiger partial charge in [0.05, 0.1) is 23.5 Å². The highest BCUT2D eigenvalue weighted by Crippen LogP contribution is 2.19. The molecule has 0 aliphatic rings. The van der Waals surface area contributed by atoms with Crippen LogP contribution in [0.2, 0.25) is 0 Å². The Bertz CT molecular complexity index is 602. The number of hydrogen-bond acceptors (Lipinski definition) is 3. The van der Waals surface area contributed by atoms with E-state index in [-0.39, 0.29) is 6.42 Å². The summed E-state index contributed by atoms with van der Waals surface area (Å²) in [6.45, 7) is 5.78. The van der Waals surface area contributed by atoms with Crippen molar-refractivity contribution in [1.82, 2.24) is 15.0 Å². The molecular formula is C13H15N3O2. The van der Waals surface area contributed by atoms with Gasteiger partial charge in [0.2, 0.25) is 0 Å². The van der Waals surface area contributed by atoms with Crippen LogP contribution in [0.15, 0.2) is 18.2 Å². The lowest BCUT2D eigenvalue weighted by Gasteiger charge is -2.10. The fourth-order valence-corrected chi connectivity index (χ4v) is 1.88. The topological polar surface area (TPSA) is 68.0 Å². The lowest BCUT2D eigenvalue weighted by atomic mass is 10.1. The number of aryl methyl sites for hydroxylation is 2. The van der Waals surface area contributed by atoms with Crippen LogP contribution in [0, 0.1) is 20.8 Å². The van der Waals surface area contributed by atoms with Crippen molar-refractivity contribution >= 4 is 5.97 Å². The van der Waals surface area contributed by atoms with Crippen LogP contribution in [0.3, 0.4) is 0 Å². The van der Waals surface area contributed by atoms with Crippen LogP contribution in [0.5, 0.6) is 0 Å². The van der Waals surface area contributed by atoms with E-state index in [4.69, 9.17) is 5.11 Å². The molecule has 0 atom stereocenters. The van der Waals surface area contributed by atoms with Gasteiger partial charge in [-0.05, 0) is 38.0 Å². The van der Waals surface area contributed by atoms with Crippen molar-refractivity contribution in [2.45, 2.75) is 27.2 Å². The van der Waals surface area contributed by atoms with Gasteiger partial charge in [0, 0.05) is 0 Å². The van der Waals surface area contributed by atoms with Crippen molar-refractivity contribution in [3.63, 3.8) is 0 Å². The van der Waals surface area contributed by atoms with Crippen LogP contribution in [0.25, 0.3) is 5.69 Å². The van der Waals surface area contributed by atoms with E-state index < -0.39 is 5.97 Å². The van der Waals surface area contributed by atoms with Gasteiger partial charge in [-0.15, -0.1) is 5.10 Å². The molecule has 1 aromatic heterocycles. The van der Waals surface area contributed by atoms with E-state index in [1.807, 2.05) is 32.0 Å². The molecule has 0 fully saturated rings. The number of hydrogen-bond donors (Lipinski definition) is 1. The standard InChI is InChI=1S/C13H15N3O2/c1-8-5-4-6-11(9(8)2)16-12(7-13(17)18)10(3)14-15-16/h4-6H,7H2,1-3H3,(H,17,18). The Labute approximate surface area is 105 Å². The summed E-state index contributed by atoms with van der Waals surface area (Å²) in [4.78, 5) is 10.9. The van der Waals surface area contributed by atoms with Crippen LogP contribution in [-0.2, 0) is 11.2 Å². The minimum atomic E-state index is -0.882. The van der Waals surface area contributed by atoms with Crippen molar-refractivity contribution < 1.29 is 9.90 Å². The number of aromatic nitrogens is 3. The number of benzene rings is 1. The largest absolute Gasteiger partial charge is 0.481 e. The van der Waals surface area contributed by atoms with Gasteiger partial charge in [0.15, 0.2) is 0 Å².